The maximum Gasteiger partial charge on any atom is 0.263 e. The fourth-order valence-electron chi connectivity index (χ4n) is 5.98. The normalized spacial score (nSPS) is 15.9. The van der Waals surface area contributed by atoms with Crippen LogP contribution in [0.3, 0.4) is 0 Å². The monoisotopic (exact) mass is 669 g/mol. The Labute approximate surface area is 285 Å². The lowest BCUT2D eigenvalue weighted by Crippen LogP contribution is -2.47. The van der Waals surface area contributed by atoms with Crippen molar-refractivity contribution in [2.24, 2.45) is 13.0 Å². The first kappa shape index (κ1) is 34.9. The van der Waals surface area contributed by atoms with Crippen LogP contribution in [0.2, 0.25) is 0 Å². The van der Waals surface area contributed by atoms with Gasteiger partial charge in [0.1, 0.15) is 12.2 Å². The Morgan fingerprint density at radius 1 is 1.06 bits per heavy atom. The second-order valence-corrected chi connectivity index (χ2v) is 12.3. The maximum atomic E-state index is 14.0. The number of rotatable bonds is 5. The van der Waals surface area contributed by atoms with Crippen LogP contribution in [0.4, 0.5) is 0 Å². The van der Waals surface area contributed by atoms with Crippen molar-refractivity contribution in [2.75, 3.05) is 33.4 Å². The summed E-state index contributed by atoms with van der Waals surface area (Å²) < 4.78 is 14.8. The van der Waals surface area contributed by atoms with Gasteiger partial charge in [0.2, 0.25) is 5.91 Å². The molecule has 0 saturated heterocycles. The molecule has 2 bridgehead atoms. The van der Waals surface area contributed by atoms with Gasteiger partial charge in [0.05, 0.1) is 26.2 Å². The van der Waals surface area contributed by atoms with Gasteiger partial charge in [-0.15, -0.1) is 0 Å². The molecule has 2 N–H and O–H groups in total. The third-order valence-electron chi connectivity index (χ3n) is 8.59. The van der Waals surface area contributed by atoms with Crippen LogP contribution >= 0.6 is 0 Å². The summed E-state index contributed by atoms with van der Waals surface area (Å²) in [6, 6.07) is 15.4. The summed E-state index contributed by atoms with van der Waals surface area (Å²) in [6.07, 6.45) is 0.621. The van der Waals surface area contributed by atoms with E-state index in [1.54, 1.807) is 36.0 Å². The first-order valence-electron chi connectivity index (χ1n) is 16.4. The number of nitrogens with zero attached hydrogens (tertiary/aromatic N) is 5. The van der Waals surface area contributed by atoms with Crippen LogP contribution in [0, 0.1) is 12.8 Å². The van der Waals surface area contributed by atoms with Gasteiger partial charge in [-0.25, -0.2) is 9.67 Å². The number of ether oxygens (including phenoxy) is 2. The lowest BCUT2D eigenvalue weighted by molar-refractivity contribution is -0.123. The molecule has 1 atom stereocenters. The topological polar surface area (TPSA) is 150 Å². The Morgan fingerprint density at radius 3 is 2.51 bits per heavy atom. The van der Waals surface area contributed by atoms with Gasteiger partial charge in [-0.2, -0.15) is 5.10 Å². The van der Waals surface area contributed by atoms with Crippen molar-refractivity contribution in [3.05, 3.63) is 93.2 Å². The number of aryl methyl sites for hydroxylation is 1. The van der Waals surface area contributed by atoms with Crippen molar-refractivity contribution in [3.63, 3.8) is 0 Å². The minimum absolute atomic E-state index is 0.0226. The molecule has 1 aliphatic rings. The van der Waals surface area contributed by atoms with Crippen LogP contribution in [0.5, 0.6) is 11.5 Å². The number of pyridine rings is 1. The summed E-state index contributed by atoms with van der Waals surface area (Å²) in [5.74, 6) is 0.248. The fraction of sp³-hybridized carbons (Fsp3) is 0.389. The van der Waals surface area contributed by atoms with Crippen LogP contribution in [0.15, 0.2) is 59.4 Å². The van der Waals surface area contributed by atoms with Gasteiger partial charge >= 0.3 is 0 Å². The second kappa shape index (κ2) is 15.2. The number of hydrogen-bond donors (Lipinski definition) is 2. The van der Waals surface area contributed by atoms with Crippen LogP contribution in [-0.4, -0.2) is 75.3 Å². The van der Waals surface area contributed by atoms with Crippen LogP contribution < -0.4 is 25.7 Å². The number of methoxy groups -OCH3 is 1. The molecule has 13 nitrogen and oxygen atoms in total. The molecule has 49 heavy (non-hydrogen) atoms. The zero-order valence-corrected chi connectivity index (χ0v) is 28.8. The highest BCUT2D eigenvalue weighted by atomic mass is 16.5. The van der Waals surface area contributed by atoms with E-state index in [9.17, 15) is 19.2 Å². The predicted molar refractivity (Wildman–Crippen MR) is 184 cm³/mol. The number of hydrogen-bond acceptors (Lipinski definition) is 8. The van der Waals surface area contributed by atoms with Crippen LogP contribution in [0.25, 0.3) is 11.4 Å². The van der Waals surface area contributed by atoms with Crippen molar-refractivity contribution < 1.29 is 23.9 Å². The molecule has 0 spiro atoms. The minimum atomic E-state index is -0.607. The van der Waals surface area contributed by atoms with E-state index in [4.69, 9.17) is 19.6 Å². The quantitative estimate of drug-likeness (QED) is 0.329. The molecule has 5 rings (SSSR count). The molecule has 2 aromatic heterocycles. The highest BCUT2D eigenvalue weighted by Crippen LogP contribution is 2.29. The molecule has 13 heteroatoms. The van der Waals surface area contributed by atoms with Gasteiger partial charge in [0.25, 0.3) is 17.4 Å². The minimum Gasteiger partial charge on any atom is -0.493 e. The maximum absolute atomic E-state index is 14.0. The summed E-state index contributed by atoms with van der Waals surface area (Å²) in [5, 5.41) is 10.7. The average molecular weight is 670 g/mol. The first-order valence-corrected chi connectivity index (χ1v) is 16.4. The van der Waals surface area contributed by atoms with Crippen molar-refractivity contribution in [2.45, 2.75) is 46.7 Å². The number of amides is 3. The molecule has 1 aliphatic heterocycles. The van der Waals surface area contributed by atoms with E-state index in [1.165, 1.54) is 16.6 Å². The molecule has 0 saturated carbocycles. The van der Waals surface area contributed by atoms with Gasteiger partial charge < -0.3 is 29.6 Å². The highest BCUT2D eigenvalue weighted by Gasteiger charge is 2.29. The molecule has 2 aromatic carbocycles. The summed E-state index contributed by atoms with van der Waals surface area (Å²) in [4.78, 5) is 60.5. The molecule has 0 radical (unpaired) electrons. The van der Waals surface area contributed by atoms with E-state index in [2.05, 4.69) is 10.6 Å². The standard InChI is InChI=1S/C36H43N7O6/c1-7-27-23(4)19-26(35(46)41(27)5)36(47)42-16-15-37-34(45)25-13-14-28(48-6)29(20-25)49-18-17-43-33(31(22(2)3)38-30(44)21-42)39-32(40-43)24-11-9-8-10-12-24/h8-14,19-20,22,31H,7,15-18,21H2,1-6H3,(H,37,45)(H,38,44)/t31-/m1/s1. The van der Waals surface area contributed by atoms with Crippen molar-refractivity contribution >= 4 is 17.7 Å². The van der Waals surface area contributed by atoms with Gasteiger partial charge in [0.15, 0.2) is 23.1 Å². The number of fused-ring (bicyclic) bond motifs is 3. The lowest BCUT2D eigenvalue weighted by atomic mass is 10.0. The van der Waals surface area contributed by atoms with Crippen LogP contribution in [-0.2, 0) is 24.8 Å². The van der Waals surface area contributed by atoms with E-state index in [0.717, 1.165) is 16.8 Å². The number of carbonyl (C=O) groups excluding carboxylic acids is 3. The van der Waals surface area contributed by atoms with E-state index < -0.39 is 29.3 Å². The fourth-order valence-corrected chi connectivity index (χ4v) is 5.98. The van der Waals surface area contributed by atoms with E-state index in [1.807, 2.05) is 58.0 Å². The zero-order chi connectivity index (χ0) is 35.2. The van der Waals surface area contributed by atoms with Crippen molar-refractivity contribution in [1.82, 2.24) is 34.9 Å². The van der Waals surface area contributed by atoms with Crippen molar-refractivity contribution in [1.29, 1.82) is 0 Å². The van der Waals surface area contributed by atoms with E-state index >= 15 is 0 Å². The van der Waals surface area contributed by atoms with Gasteiger partial charge in [0, 0.05) is 37.0 Å². The zero-order valence-electron chi connectivity index (χ0n) is 28.8. The molecule has 3 heterocycles. The summed E-state index contributed by atoms with van der Waals surface area (Å²) in [6.45, 7) is 7.78. The summed E-state index contributed by atoms with van der Waals surface area (Å²) in [5.41, 5.74) is 2.24. The Bertz CT molecular complexity index is 1900. The van der Waals surface area contributed by atoms with Gasteiger partial charge in [-0.1, -0.05) is 51.1 Å². The largest absolute Gasteiger partial charge is 0.493 e. The Hall–Kier alpha value is -5.46. The van der Waals surface area contributed by atoms with Crippen molar-refractivity contribution in [3.8, 4) is 22.9 Å². The summed E-state index contributed by atoms with van der Waals surface area (Å²) >= 11 is 0. The predicted octanol–water partition coefficient (Wildman–Crippen LogP) is 3.30. The third-order valence-corrected chi connectivity index (χ3v) is 8.59. The Morgan fingerprint density at radius 2 is 1.82 bits per heavy atom. The summed E-state index contributed by atoms with van der Waals surface area (Å²) in [7, 11) is 3.15. The Kier molecular flexibility index (Phi) is 10.8. The molecular weight excluding hydrogens is 626 g/mol. The molecule has 3 amide bonds. The number of aromatic nitrogens is 4. The second-order valence-electron chi connectivity index (χ2n) is 12.3. The van der Waals surface area contributed by atoms with Gasteiger partial charge in [-0.3, -0.25) is 19.2 Å². The lowest BCUT2D eigenvalue weighted by Gasteiger charge is -2.26. The highest BCUT2D eigenvalue weighted by molar-refractivity contribution is 5.97. The SMILES string of the molecule is CCc1c(C)cc(C(=O)N2CCNC(=O)c3ccc(OC)c(c3)OCCn3nc(-c4ccccc4)nc3[C@@H](C(C)C)NC(=O)C2)c(=O)n1C. The van der Waals surface area contributed by atoms with Crippen LogP contribution in [0.1, 0.15) is 64.6 Å². The van der Waals surface area contributed by atoms with E-state index in [-0.39, 0.29) is 44.3 Å². The third kappa shape index (κ3) is 7.66. The molecule has 0 unspecified atom stereocenters. The number of benzene rings is 2. The molecule has 0 aliphatic carbocycles. The molecule has 0 fully saturated rings. The molecular formula is C36H43N7O6. The average Bonchev–Trinajstić information content (AvgIpc) is 3.51. The number of nitrogens with one attached hydrogen (secondary N) is 2. The smallest absolute Gasteiger partial charge is 0.263 e. The van der Waals surface area contributed by atoms with E-state index in [0.29, 0.717) is 35.1 Å². The Balaban J connectivity index is 1.56. The first-order chi connectivity index (χ1) is 23.5. The van der Waals surface area contributed by atoms with Gasteiger partial charge in [-0.05, 0) is 49.1 Å². The molecule has 4 aromatic rings. The molecule has 258 valence electrons. The number of carbonyl (C=O) groups is 3.